The van der Waals surface area contributed by atoms with Gasteiger partial charge in [0.1, 0.15) is 0 Å². The number of pyridine rings is 1. The highest BCUT2D eigenvalue weighted by molar-refractivity contribution is 9.10. The number of hydrogen-bond donors (Lipinski definition) is 0. The van der Waals surface area contributed by atoms with E-state index in [-0.39, 0.29) is 0 Å². The van der Waals surface area contributed by atoms with Crippen molar-refractivity contribution in [2.24, 2.45) is 0 Å². The van der Waals surface area contributed by atoms with E-state index >= 15 is 0 Å². The van der Waals surface area contributed by atoms with E-state index in [0.29, 0.717) is 0 Å². The van der Waals surface area contributed by atoms with Crippen LogP contribution in [0, 0.1) is 0 Å². The summed E-state index contributed by atoms with van der Waals surface area (Å²) in [4.78, 5) is 4.08. The average Bonchev–Trinajstić information content (AvgIpc) is 2.96. The second-order valence-electron chi connectivity index (χ2n) is 4.00. The Hall–Kier alpha value is -1.73. The smallest absolute Gasteiger partial charge is 0.214 e. The van der Waals surface area contributed by atoms with Crippen LogP contribution in [-0.2, 0) is 5.75 Å². The molecule has 0 radical (unpaired) electrons. The minimum atomic E-state index is 0.751. The molecule has 0 bridgehead atoms. The number of halogens is 1. The molecule has 3 aromatic rings. The van der Waals surface area contributed by atoms with Gasteiger partial charge in [-0.2, -0.15) is 4.68 Å². The first-order valence-electron chi connectivity index (χ1n) is 5.89. The standard InChI is InChI=1S/C13H10BrN5S/c14-11-5-3-10(4-6-11)9-20-13-16-17-18-19(13)12-2-1-7-15-8-12/h1-8H,9H2. The molecule has 0 saturated heterocycles. The molecule has 0 aliphatic rings. The van der Waals surface area contributed by atoms with Gasteiger partial charge in [0.2, 0.25) is 5.16 Å². The summed E-state index contributed by atoms with van der Waals surface area (Å²) in [5.41, 5.74) is 2.08. The van der Waals surface area contributed by atoms with Gasteiger partial charge < -0.3 is 0 Å². The molecule has 3 rings (SSSR count). The van der Waals surface area contributed by atoms with E-state index in [1.165, 1.54) is 5.56 Å². The Kier molecular flexibility index (Phi) is 4.08. The van der Waals surface area contributed by atoms with Gasteiger partial charge in [0.05, 0.1) is 11.9 Å². The first kappa shape index (κ1) is 13.3. The van der Waals surface area contributed by atoms with E-state index < -0.39 is 0 Å². The van der Waals surface area contributed by atoms with Gasteiger partial charge in [-0.05, 0) is 40.3 Å². The van der Waals surface area contributed by atoms with Crippen molar-refractivity contribution < 1.29 is 0 Å². The normalized spacial score (nSPS) is 10.7. The van der Waals surface area contributed by atoms with Gasteiger partial charge in [-0.25, -0.2) is 0 Å². The van der Waals surface area contributed by atoms with Gasteiger partial charge in [-0.1, -0.05) is 39.8 Å². The highest BCUT2D eigenvalue weighted by atomic mass is 79.9. The Balaban J connectivity index is 1.76. The monoisotopic (exact) mass is 347 g/mol. The Bertz CT molecular complexity index is 683. The maximum atomic E-state index is 4.08. The van der Waals surface area contributed by atoms with Gasteiger partial charge in [-0.3, -0.25) is 4.98 Å². The maximum absolute atomic E-state index is 4.08. The molecule has 0 unspecified atom stereocenters. The lowest BCUT2D eigenvalue weighted by molar-refractivity contribution is 0.753. The highest BCUT2D eigenvalue weighted by Crippen LogP contribution is 2.22. The van der Waals surface area contributed by atoms with Gasteiger partial charge in [-0.15, -0.1) is 5.10 Å². The molecule has 0 N–H and O–H groups in total. The van der Waals surface area contributed by atoms with Crippen molar-refractivity contribution in [1.29, 1.82) is 0 Å². The van der Waals surface area contributed by atoms with Crippen LogP contribution < -0.4 is 0 Å². The van der Waals surface area contributed by atoms with Crippen LogP contribution in [0.15, 0.2) is 58.4 Å². The third-order valence-corrected chi connectivity index (χ3v) is 4.13. The molecule has 1 aromatic carbocycles. The molecule has 0 amide bonds. The molecule has 20 heavy (non-hydrogen) atoms. The molecule has 0 spiro atoms. The molecule has 0 atom stereocenters. The van der Waals surface area contributed by atoms with E-state index in [0.717, 1.165) is 21.1 Å². The topological polar surface area (TPSA) is 56.5 Å². The zero-order chi connectivity index (χ0) is 13.8. The lowest BCUT2D eigenvalue weighted by Crippen LogP contribution is -1.99. The molecular weight excluding hydrogens is 338 g/mol. The van der Waals surface area contributed by atoms with Crippen LogP contribution in [0.3, 0.4) is 0 Å². The van der Waals surface area contributed by atoms with Crippen molar-refractivity contribution in [1.82, 2.24) is 25.2 Å². The van der Waals surface area contributed by atoms with Gasteiger partial charge in [0.15, 0.2) is 0 Å². The number of thioether (sulfide) groups is 1. The Morgan fingerprint density at radius 2 is 2.00 bits per heavy atom. The molecule has 0 aliphatic carbocycles. The van der Waals surface area contributed by atoms with Crippen LogP contribution in [0.1, 0.15) is 5.56 Å². The number of benzene rings is 1. The fourth-order valence-electron chi connectivity index (χ4n) is 1.64. The number of rotatable bonds is 4. The highest BCUT2D eigenvalue weighted by Gasteiger charge is 2.09. The van der Waals surface area contributed by atoms with Crippen LogP contribution in [0.2, 0.25) is 0 Å². The van der Waals surface area contributed by atoms with E-state index in [2.05, 4.69) is 48.6 Å². The molecular formula is C13H10BrN5S. The van der Waals surface area contributed by atoms with Crippen molar-refractivity contribution in [3.8, 4) is 5.69 Å². The summed E-state index contributed by atoms with van der Waals surface area (Å²) in [7, 11) is 0. The van der Waals surface area contributed by atoms with Crippen LogP contribution in [-0.4, -0.2) is 25.2 Å². The quantitative estimate of drug-likeness (QED) is 0.678. The summed E-state index contributed by atoms with van der Waals surface area (Å²) < 4.78 is 2.77. The number of nitrogens with zero attached hydrogens (tertiary/aromatic N) is 5. The van der Waals surface area contributed by atoms with Gasteiger partial charge >= 0.3 is 0 Å². The molecule has 0 aliphatic heterocycles. The maximum Gasteiger partial charge on any atom is 0.214 e. The first-order valence-corrected chi connectivity index (χ1v) is 7.67. The summed E-state index contributed by atoms with van der Waals surface area (Å²) in [6.07, 6.45) is 3.46. The van der Waals surface area contributed by atoms with E-state index in [1.54, 1.807) is 28.8 Å². The third-order valence-electron chi connectivity index (χ3n) is 2.61. The molecule has 2 aromatic heterocycles. The predicted octanol–water partition coefficient (Wildman–Crippen LogP) is 3.11. The van der Waals surface area contributed by atoms with Crippen molar-refractivity contribution >= 4 is 27.7 Å². The largest absolute Gasteiger partial charge is 0.262 e. The number of tetrazole rings is 1. The fourth-order valence-corrected chi connectivity index (χ4v) is 2.75. The molecule has 7 heteroatoms. The number of aromatic nitrogens is 5. The zero-order valence-corrected chi connectivity index (χ0v) is 12.8. The second kappa shape index (κ2) is 6.15. The lowest BCUT2D eigenvalue weighted by atomic mass is 10.2. The molecule has 100 valence electrons. The van der Waals surface area contributed by atoms with Crippen molar-refractivity contribution in [3.05, 3.63) is 58.8 Å². The van der Waals surface area contributed by atoms with Crippen molar-refractivity contribution in [2.45, 2.75) is 10.9 Å². The van der Waals surface area contributed by atoms with E-state index in [1.807, 2.05) is 24.3 Å². The first-order chi connectivity index (χ1) is 9.83. The van der Waals surface area contributed by atoms with E-state index in [9.17, 15) is 0 Å². The van der Waals surface area contributed by atoms with Crippen LogP contribution in [0.4, 0.5) is 0 Å². The summed E-state index contributed by atoms with van der Waals surface area (Å²) in [5.74, 6) is 0.813. The predicted molar refractivity (Wildman–Crippen MR) is 80.7 cm³/mol. The van der Waals surface area contributed by atoms with Crippen LogP contribution in [0.25, 0.3) is 5.69 Å². The SMILES string of the molecule is Brc1ccc(CSc2nnnn2-c2cccnc2)cc1. The fraction of sp³-hybridized carbons (Fsp3) is 0.0769. The van der Waals surface area contributed by atoms with E-state index in [4.69, 9.17) is 0 Å². The summed E-state index contributed by atoms with van der Waals surface area (Å²) >= 11 is 5.02. The summed E-state index contributed by atoms with van der Waals surface area (Å²) in [6.45, 7) is 0. The molecule has 2 heterocycles. The van der Waals surface area contributed by atoms with Gasteiger partial charge in [0.25, 0.3) is 0 Å². The Morgan fingerprint density at radius 1 is 1.15 bits per heavy atom. The van der Waals surface area contributed by atoms with Crippen LogP contribution in [0.5, 0.6) is 0 Å². The molecule has 5 nitrogen and oxygen atoms in total. The zero-order valence-electron chi connectivity index (χ0n) is 10.3. The summed E-state index contributed by atoms with van der Waals surface area (Å²) in [6, 6.07) is 12.0. The Morgan fingerprint density at radius 3 is 2.75 bits per heavy atom. The lowest BCUT2D eigenvalue weighted by Gasteiger charge is -2.03. The van der Waals surface area contributed by atoms with Crippen LogP contribution >= 0.6 is 27.7 Å². The minimum Gasteiger partial charge on any atom is -0.262 e. The van der Waals surface area contributed by atoms with Crippen molar-refractivity contribution in [3.63, 3.8) is 0 Å². The van der Waals surface area contributed by atoms with Crippen molar-refractivity contribution in [2.75, 3.05) is 0 Å². The number of hydrogen-bond acceptors (Lipinski definition) is 5. The minimum absolute atomic E-state index is 0.751. The Labute approximate surface area is 128 Å². The third kappa shape index (κ3) is 3.05. The average molecular weight is 348 g/mol. The molecule has 0 fully saturated rings. The van der Waals surface area contributed by atoms with Gasteiger partial charge in [0, 0.05) is 16.4 Å². The molecule has 0 saturated carbocycles. The second-order valence-corrected chi connectivity index (χ2v) is 5.86. The summed E-state index contributed by atoms with van der Waals surface area (Å²) in [5, 5.41) is 12.5.